The van der Waals surface area contributed by atoms with Gasteiger partial charge in [0.05, 0.1) is 0 Å². The maximum absolute atomic E-state index is 13.3. The molecule has 3 N–H and O–H groups in total. The Morgan fingerprint density at radius 3 is 2.58 bits per heavy atom. The molecule has 1 unspecified atom stereocenters. The monoisotopic (exact) mass is 369 g/mol. The number of quaternary nitrogens is 1. The number of aromatic amines is 1. The van der Waals surface area contributed by atoms with Crippen molar-refractivity contribution in [2.75, 3.05) is 12.0 Å². The van der Waals surface area contributed by atoms with Crippen LogP contribution in [0.1, 0.15) is 11.1 Å². The Morgan fingerprint density at radius 1 is 1.12 bits per heavy atom. The first kappa shape index (κ1) is 16.7. The van der Waals surface area contributed by atoms with Gasteiger partial charge >= 0.3 is 0 Å². The average Bonchev–Trinajstić information content (AvgIpc) is 2.64. The summed E-state index contributed by atoms with van der Waals surface area (Å²) in [5.41, 5.74) is 2.40. The van der Waals surface area contributed by atoms with E-state index in [1.54, 1.807) is 16.7 Å². The lowest BCUT2D eigenvalue weighted by molar-refractivity contribution is -0.926. The maximum Gasteiger partial charge on any atom is 0.262 e. The molecule has 4 rings (SSSR count). The lowest BCUT2D eigenvalue weighted by Gasteiger charge is -2.28. The summed E-state index contributed by atoms with van der Waals surface area (Å²) < 4.78 is 15.3. The Balaban J connectivity index is 1.71. The number of nitrogens with zero attached hydrogens (tertiary/aromatic N) is 1. The van der Waals surface area contributed by atoms with E-state index in [2.05, 4.69) is 22.4 Å². The summed E-state index contributed by atoms with van der Waals surface area (Å²) in [4.78, 5) is 16.4. The highest BCUT2D eigenvalue weighted by Gasteiger charge is 2.25. The second kappa shape index (κ2) is 6.86. The summed E-state index contributed by atoms with van der Waals surface area (Å²) in [6, 6.07) is 16.2. The summed E-state index contributed by atoms with van der Waals surface area (Å²) in [5.74, 6) is 0.368. The van der Waals surface area contributed by atoms with Gasteiger partial charge in [-0.15, -0.1) is 0 Å². The number of nitrogens with one attached hydrogen (secondary N) is 3. The molecular weight excluding hydrogens is 351 g/mol. The van der Waals surface area contributed by atoms with Crippen LogP contribution in [0.3, 0.4) is 0 Å². The fourth-order valence-electron chi connectivity index (χ4n) is 3.29. The quantitative estimate of drug-likeness (QED) is 0.619. The summed E-state index contributed by atoms with van der Waals surface area (Å²) in [6.07, 6.45) is 0. The molecule has 0 radical (unpaired) electrons. The second-order valence-corrected chi connectivity index (χ2v) is 6.73. The first-order valence-corrected chi connectivity index (χ1v) is 8.78. The van der Waals surface area contributed by atoms with Crippen LogP contribution in [0.5, 0.6) is 0 Å². The van der Waals surface area contributed by atoms with Crippen LogP contribution in [-0.2, 0) is 13.1 Å². The van der Waals surface area contributed by atoms with Gasteiger partial charge in [-0.2, -0.15) is 0 Å². The van der Waals surface area contributed by atoms with Crippen molar-refractivity contribution in [2.24, 2.45) is 0 Å². The van der Waals surface area contributed by atoms with Crippen molar-refractivity contribution in [1.29, 1.82) is 0 Å². The van der Waals surface area contributed by atoms with E-state index in [-0.39, 0.29) is 11.4 Å². The number of hydrogen-bond acceptors (Lipinski definition) is 3. The lowest BCUT2D eigenvalue weighted by atomic mass is 10.1. The van der Waals surface area contributed by atoms with Gasteiger partial charge in [0.25, 0.3) is 5.56 Å². The molecule has 0 fully saturated rings. The predicted molar refractivity (Wildman–Crippen MR) is 100 cm³/mol. The van der Waals surface area contributed by atoms with Crippen LogP contribution < -0.4 is 15.8 Å². The molecule has 0 aliphatic carbocycles. The molecule has 0 amide bonds. The standard InChI is InChI=1S/C19H17FN4OS/c20-14-6-8-15(9-7-14)24-17-16(18(25)22-19(24)26)11-23(12-21-17)10-13-4-2-1-3-5-13/h1-9,21H,10-12H2,(H,22,25,26)/p+1. The minimum Gasteiger partial charge on any atom is -0.324 e. The average molecular weight is 369 g/mol. The van der Waals surface area contributed by atoms with Crippen molar-refractivity contribution < 1.29 is 9.29 Å². The zero-order valence-electron chi connectivity index (χ0n) is 14.0. The lowest BCUT2D eigenvalue weighted by Crippen LogP contribution is -3.11. The van der Waals surface area contributed by atoms with Crippen molar-refractivity contribution in [2.45, 2.75) is 13.1 Å². The van der Waals surface area contributed by atoms with Crippen LogP contribution in [0.25, 0.3) is 5.69 Å². The molecule has 1 aliphatic heterocycles. The third-order valence-electron chi connectivity index (χ3n) is 4.52. The van der Waals surface area contributed by atoms with E-state index in [1.165, 1.54) is 22.6 Å². The van der Waals surface area contributed by atoms with Gasteiger partial charge in [-0.1, -0.05) is 30.3 Å². The van der Waals surface area contributed by atoms with Gasteiger partial charge in [-0.05, 0) is 36.5 Å². The number of benzene rings is 2. The molecule has 1 aliphatic rings. The number of H-pyrrole nitrogens is 1. The number of hydrogen-bond donors (Lipinski definition) is 3. The summed E-state index contributed by atoms with van der Waals surface area (Å²) in [6.45, 7) is 2.07. The van der Waals surface area contributed by atoms with Crippen LogP contribution >= 0.6 is 12.2 Å². The Kier molecular flexibility index (Phi) is 4.40. The Hall–Kier alpha value is -2.77. The molecule has 0 saturated carbocycles. The normalized spacial score (nSPS) is 16.0. The third-order valence-corrected chi connectivity index (χ3v) is 4.81. The van der Waals surface area contributed by atoms with Gasteiger partial charge < -0.3 is 10.2 Å². The maximum atomic E-state index is 13.3. The molecule has 1 aromatic heterocycles. The molecule has 0 spiro atoms. The third kappa shape index (κ3) is 3.18. The molecule has 1 atom stereocenters. The highest BCUT2D eigenvalue weighted by atomic mass is 32.1. The number of halogens is 1. The summed E-state index contributed by atoms with van der Waals surface area (Å²) in [7, 11) is 0. The van der Waals surface area contributed by atoms with Crippen molar-refractivity contribution in [1.82, 2.24) is 9.55 Å². The molecule has 2 aromatic carbocycles. The zero-order valence-corrected chi connectivity index (χ0v) is 14.8. The van der Waals surface area contributed by atoms with Crippen molar-refractivity contribution in [3.05, 3.63) is 86.7 Å². The first-order valence-electron chi connectivity index (χ1n) is 8.37. The minimum atomic E-state index is -0.315. The van der Waals surface area contributed by atoms with Crippen LogP contribution in [0.2, 0.25) is 0 Å². The van der Waals surface area contributed by atoms with E-state index in [0.717, 1.165) is 6.54 Å². The van der Waals surface area contributed by atoms with E-state index < -0.39 is 0 Å². The van der Waals surface area contributed by atoms with Gasteiger partial charge in [-0.25, -0.2) is 4.39 Å². The summed E-state index contributed by atoms with van der Waals surface area (Å²) >= 11 is 5.34. The molecule has 132 valence electrons. The largest absolute Gasteiger partial charge is 0.324 e. The Morgan fingerprint density at radius 2 is 1.85 bits per heavy atom. The van der Waals surface area contributed by atoms with Crippen molar-refractivity contribution >= 4 is 18.0 Å². The first-order chi connectivity index (χ1) is 12.6. The fraction of sp³-hybridized carbons (Fsp3) is 0.158. The molecule has 3 aromatic rings. The molecule has 5 nitrogen and oxygen atoms in total. The molecule has 0 saturated heterocycles. The molecule has 26 heavy (non-hydrogen) atoms. The van der Waals surface area contributed by atoms with E-state index in [9.17, 15) is 9.18 Å². The molecule has 7 heteroatoms. The van der Waals surface area contributed by atoms with Gasteiger partial charge in [-0.3, -0.25) is 14.3 Å². The highest BCUT2D eigenvalue weighted by molar-refractivity contribution is 7.71. The number of anilines is 1. The summed E-state index contributed by atoms with van der Waals surface area (Å²) in [5, 5.41) is 3.34. The van der Waals surface area contributed by atoms with E-state index in [1.807, 2.05) is 18.2 Å². The number of fused-ring (bicyclic) bond motifs is 1. The van der Waals surface area contributed by atoms with Crippen LogP contribution in [0, 0.1) is 10.6 Å². The molecule has 0 bridgehead atoms. The molecular formula is C19H18FN4OS+. The van der Waals surface area contributed by atoms with E-state index >= 15 is 0 Å². The van der Waals surface area contributed by atoms with Gasteiger partial charge in [0.15, 0.2) is 11.4 Å². The Bertz CT molecular complexity index is 1040. The highest BCUT2D eigenvalue weighted by Crippen LogP contribution is 2.19. The number of rotatable bonds is 3. The van der Waals surface area contributed by atoms with E-state index in [0.29, 0.717) is 35.1 Å². The topological polar surface area (TPSA) is 54.3 Å². The van der Waals surface area contributed by atoms with E-state index in [4.69, 9.17) is 12.2 Å². The second-order valence-electron chi connectivity index (χ2n) is 6.34. The van der Waals surface area contributed by atoms with Crippen molar-refractivity contribution in [3.8, 4) is 5.69 Å². The van der Waals surface area contributed by atoms with Gasteiger partial charge in [0.2, 0.25) is 0 Å². The smallest absolute Gasteiger partial charge is 0.262 e. The van der Waals surface area contributed by atoms with Crippen LogP contribution in [0.15, 0.2) is 59.4 Å². The van der Waals surface area contributed by atoms with Crippen molar-refractivity contribution in [3.63, 3.8) is 0 Å². The van der Waals surface area contributed by atoms with Gasteiger partial charge in [0.1, 0.15) is 30.3 Å². The van der Waals surface area contributed by atoms with Crippen LogP contribution in [-0.4, -0.2) is 16.2 Å². The minimum absolute atomic E-state index is 0.180. The van der Waals surface area contributed by atoms with Gasteiger partial charge in [0, 0.05) is 11.3 Å². The van der Waals surface area contributed by atoms with Crippen LogP contribution in [0.4, 0.5) is 10.2 Å². The Labute approximate surface area is 154 Å². The fourth-order valence-corrected chi connectivity index (χ4v) is 3.58. The SMILES string of the molecule is O=c1[nH]c(=S)n(-c2ccc(F)cc2)c2c1C[NH+](Cc1ccccc1)CN2. The molecule has 2 heterocycles. The zero-order chi connectivity index (χ0) is 18.1. The number of aromatic nitrogens is 2. The predicted octanol–water partition coefficient (Wildman–Crippen LogP) is 2.00.